The molecule has 11 fully saturated rings. The topological polar surface area (TPSA) is 63.6 Å². The zero-order chi connectivity index (χ0) is 102. The fourth-order valence-electron chi connectivity index (χ4n) is 27.1. The van der Waals surface area contributed by atoms with Gasteiger partial charge in [0.2, 0.25) is 0 Å². The predicted molar refractivity (Wildman–Crippen MR) is 639 cm³/mol. The van der Waals surface area contributed by atoms with Gasteiger partial charge in [0.1, 0.15) is 5.25 Å². The maximum absolute atomic E-state index is 13.2. The molecule has 13 aliphatic rings. The Morgan fingerprint density at radius 3 is 1.01 bits per heavy atom. The number of halogens is 2. The summed E-state index contributed by atoms with van der Waals surface area (Å²) in [5.41, 5.74) is 19.0. The third-order valence-electron chi connectivity index (χ3n) is 40.5. The van der Waals surface area contributed by atoms with E-state index in [1.807, 2.05) is 0 Å². The van der Waals surface area contributed by atoms with Gasteiger partial charge in [0.25, 0.3) is 0 Å². The van der Waals surface area contributed by atoms with Crippen LogP contribution in [0.25, 0.3) is 0 Å². The van der Waals surface area contributed by atoms with E-state index in [-0.39, 0.29) is 51.4 Å². The number of allylic oxidation sites excluding steroid dienone is 22. The maximum Gasteiger partial charge on any atom is 0.192 e. The second-order valence-corrected chi connectivity index (χ2v) is 67.6. The molecule has 0 spiro atoms. The normalized spacial score (nSPS) is 34.5. The SMILES string of the molecule is C.C.C.C.C=C1CC[C@H](C)C/C1=C/C=C1\CCC[C@@]2(C)C1CCC2[C@H](C)/C=C/[C@H](C)C(C)C.C=C1CC[C@H](O)C/C1=C/C=C1\CCC[C@@]2(C)C1CCC2[C@H](C)/C=C/[C@H](C)C(C)C.C=C1CC[C@H](O[Si](C)(C)C(C)(C)C)C/C1=C\C=C1/CCC[C@@]2(C)C1CCC2[C@H](C)/C=C/[C@H](C)C(C)C.CC(C)(C)[Si](C)(C)C.CC(C)[C@@H](C)/C=C/[C@@H](C)C1CCC2/C(=C/C3C4=C(CC[C@H](C)C4)CS3(=O)=O)CCC[C@@]21C.ClCCl. The summed E-state index contributed by atoms with van der Waals surface area (Å²) in [6, 6.07) is 0. The molecule has 1 N–H and O–H groups in total. The highest BCUT2D eigenvalue weighted by Gasteiger charge is 2.56. The van der Waals surface area contributed by atoms with E-state index in [2.05, 4.69) is 337 Å². The Labute approximate surface area is 890 Å². The van der Waals surface area contributed by atoms with Crippen LogP contribution in [-0.2, 0) is 14.3 Å². The highest BCUT2D eigenvalue weighted by atomic mass is 35.5. The second kappa shape index (κ2) is 56.4. The number of hydrogen-bond acceptors (Lipinski definition) is 4. The van der Waals surface area contributed by atoms with Crippen LogP contribution in [0, 0.1) is 152 Å². The summed E-state index contributed by atoms with van der Waals surface area (Å²) in [6.45, 7) is 91.9. The van der Waals surface area contributed by atoms with Gasteiger partial charge in [0.05, 0.1) is 17.2 Å². The average Bonchev–Trinajstić information content (AvgIpc) is 1.59. The highest BCUT2D eigenvalue weighted by molar-refractivity contribution is 7.92. The van der Waals surface area contributed by atoms with Crippen LogP contribution in [0.5, 0.6) is 0 Å². The third-order valence-corrected chi connectivity index (χ3v) is 51.5. The summed E-state index contributed by atoms with van der Waals surface area (Å²) in [4.78, 5) is 0. The Morgan fingerprint density at radius 2 is 0.688 bits per heavy atom. The molecule has 11 saturated carbocycles. The molecule has 0 aromatic rings. The second-order valence-electron chi connectivity index (χ2n) is 53.9. The molecule has 1 aliphatic heterocycles. The van der Waals surface area contributed by atoms with Crippen molar-refractivity contribution in [2.75, 3.05) is 11.1 Å². The van der Waals surface area contributed by atoms with Crippen LogP contribution >= 0.6 is 23.2 Å². The number of aliphatic hydroxyl groups is 1. The summed E-state index contributed by atoms with van der Waals surface area (Å²) in [7, 11) is -5.66. The first kappa shape index (κ1) is 130. The number of sulfone groups is 1. The zero-order valence-electron chi connectivity index (χ0n) is 95.1. The lowest BCUT2D eigenvalue weighted by Gasteiger charge is -2.44. The highest BCUT2D eigenvalue weighted by Crippen LogP contribution is 2.65. The van der Waals surface area contributed by atoms with Gasteiger partial charge >= 0.3 is 0 Å². The van der Waals surface area contributed by atoms with Gasteiger partial charge < -0.3 is 9.53 Å². The van der Waals surface area contributed by atoms with Crippen molar-refractivity contribution in [1.29, 1.82) is 0 Å². The molecular formula is C132H230Cl2O4SSi2. The van der Waals surface area contributed by atoms with Gasteiger partial charge in [0.15, 0.2) is 18.2 Å². The van der Waals surface area contributed by atoms with E-state index in [1.54, 1.807) is 16.7 Å². The molecule has 4 nitrogen and oxygen atoms in total. The number of alkyl halides is 2. The molecule has 12 aliphatic carbocycles. The summed E-state index contributed by atoms with van der Waals surface area (Å²) in [6.07, 6.45) is 76.3. The molecule has 0 aromatic carbocycles. The molecule has 9 heteroatoms. The number of rotatable bonds is 22. The largest absolute Gasteiger partial charge is 0.414 e. The molecule has 810 valence electrons. The summed E-state index contributed by atoms with van der Waals surface area (Å²) >= 11 is 9.53. The van der Waals surface area contributed by atoms with Crippen LogP contribution in [0.1, 0.15) is 429 Å². The molecule has 0 aromatic heterocycles. The van der Waals surface area contributed by atoms with E-state index in [9.17, 15) is 13.5 Å². The van der Waals surface area contributed by atoms with E-state index >= 15 is 0 Å². The first-order valence-electron chi connectivity index (χ1n) is 56.9. The molecule has 0 radical (unpaired) electrons. The van der Waals surface area contributed by atoms with Gasteiger partial charge in [0, 0.05) is 14.2 Å². The Bertz CT molecular complexity index is 4300. The first-order valence-corrected chi connectivity index (χ1v) is 66.1. The minimum Gasteiger partial charge on any atom is -0.414 e. The minimum absolute atomic E-state index is 0. The van der Waals surface area contributed by atoms with Crippen molar-refractivity contribution in [2.45, 2.75) is 489 Å². The third kappa shape index (κ3) is 34.2. The van der Waals surface area contributed by atoms with E-state index in [4.69, 9.17) is 27.6 Å². The molecule has 1 heterocycles. The fourth-order valence-corrected chi connectivity index (χ4v) is 30.6. The summed E-state index contributed by atoms with van der Waals surface area (Å²) in [5.74, 6) is 15.9. The van der Waals surface area contributed by atoms with Crippen molar-refractivity contribution in [1.82, 2.24) is 0 Å². The summed E-state index contributed by atoms with van der Waals surface area (Å²) < 4.78 is 33.1. The lowest BCUT2D eigenvalue weighted by Crippen LogP contribution is -2.44. The lowest BCUT2D eigenvalue weighted by molar-refractivity contribution is 0.111. The van der Waals surface area contributed by atoms with Crippen LogP contribution in [-0.4, -0.2) is 58.5 Å². The smallest absolute Gasteiger partial charge is 0.192 e. The zero-order valence-corrected chi connectivity index (χ0v) is 99.4. The van der Waals surface area contributed by atoms with Crippen molar-refractivity contribution in [3.8, 4) is 0 Å². The van der Waals surface area contributed by atoms with Gasteiger partial charge in [-0.1, -0.05) is 399 Å². The molecule has 13 rings (SSSR count). The Morgan fingerprint density at radius 1 is 0.397 bits per heavy atom. The van der Waals surface area contributed by atoms with Gasteiger partial charge in [-0.05, 0) is 403 Å². The quantitative estimate of drug-likeness (QED) is 0.0667. The van der Waals surface area contributed by atoms with Gasteiger partial charge in [-0.2, -0.15) is 0 Å². The van der Waals surface area contributed by atoms with Crippen LogP contribution in [0.15, 0.2) is 178 Å². The van der Waals surface area contributed by atoms with Crippen molar-refractivity contribution in [3.63, 3.8) is 0 Å². The summed E-state index contributed by atoms with van der Waals surface area (Å²) in [5, 5.41) is 10.8. The van der Waals surface area contributed by atoms with Crippen molar-refractivity contribution in [3.05, 3.63) is 178 Å². The average molecular weight is 2040 g/mol. The van der Waals surface area contributed by atoms with Gasteiger partial charge in [-0.15, -0.1) is 23.2 Å². The van der Waals surface area contributed by atoms with E-state index in [0.717, 1.165) is 123 Å². The van der Waals surface area contributed by atoms with Gasteiger partial charge in [-0.3, -0.25) is 0 Å². The molecular weight excluding hydrogens is 1810 g/mol. The lowest BCUT2D eigenvalue weighted by atomic mass is 9.61. The van der Waals surface area contributed by atoms with Crippen LogP contribution in [0.2, 0.25) is 42.8 Å². The molecule has 141 heavy (non-hydrogen) atoms. The Balaban J connectivity index is 0.000000375. The number of aliphatic hydroxyl groups excluding tert-OH is 1. The number of fused-ring (bicyclic) bond motifs is 4. The number of hydrogen-bond donors (Lipinski definition) is 1. The fraction of sp³-hybridized carbons (Fsp3) is 0.773. The molecule has 0 amide bonds. The maximum atomic E-state index is 13.2. The molecule has 0 saturated heterocycles. The van der Waals surface area contributed by atoms with Crippen molar-refractivity contribution < 1.29 is 18.0 Å². The molecule has 0 bridgehead atoms. The van der Waals surface area contributed by atoms with E-state index in [0.29, 0.717) is 110 Å². The van der Waals surface area contributed by atoms with Crippen molar-refractivity contribution in [2.24, 2.45) is 152 Å². The standard InChI is InChI=1S/C34H58OSi.C29H46O2S.C29H46.C28H44O.C7H18Si.CH2Cl2.4CH4/c1-24(2)25(3)14-15-27(5)31-20-21-32-28(13-12-22-34(31,32)9)17-18-29-23-30(19-16-26(29)4)35-36(10,11)33(6,7)8;1-19(2)21(4)10-11-22(5)26-13-14-27-23(8-7-15-29(26,27)6)17-28-25-16-20(3)9-12-24(25)18-32(28,30)31;1-20(2)22(4)12-13-24(6)27-16-17-28-25(9-8-18-29(27,28)7)14-15-26-19-21(3)10-11-23(26)5;1-19(2)20(3)9-10-22(5)26-15-16-27-23(8-7-17-28(26,27)6)12-13-24-18-25(29)14-11-21(24)4;1-7(2,3)8(4,5)6;2-1-3;;;;/h14-15,17-18,24-25,27,30-32H,4,12-13,16,19-23H2,1-3,5-11H3;10-11,17,19-22,26-28H,7-9,12-16,18H2,1-6H3;12-15,20-22,24,27-28H,5,8-11,16-19H2,1-4,6-7H3;9-10,12-13,19-20,22,25-27,29H,4,7-8,11,14-18H2,1-3,5-6H3;1-6H3;1H2;4*1H4/b15-14+,28-17+,29-18+;11-10+,23-17+;13-12+,25-14+,26-15-;10-9+,23-12+,24-13-;;;;;;/t25-,27+,30-,31?,32?,34+;20-,21-,22+,26?,27?,28?,29+;21-,22-,24+,27?,28?,29+;20-,22+,25-,26?,27?,28+;;;;;;/m0000....../s1. The minimum atomic E-state index is -3.06. The van der Waals surface area contributed by atoms with Crippen LogP contribution in [0.3, 0.4) is 0 Å². The van der Waals surface area contributed by atoms with E-state index < -0.39 is 26.2 Å². The van der Waals surface area contributed by atoms with Gasteiger partial charge in [-0.25, -0.2) is 8.42 Å². The van der Waals surface area contributed by atoms with E-state index in [1.165, 1.54) is 191 Å². The Hall–Kier alpha value is -3.02. The predicted octanol–water partition coefficient (Wildman–Crippen LogP) is 41.8. The molecule has 25 atom stereocenters. The van der Waals surface area contributed by atoms with Crippen LogP contribution < -0.4 is 0 Å². The Kier molecular flexibility index (Phi) is 52.1. The first-order chi connectivity index (χ1) is 63.8. The molecule has 9 unspecified atom stereocenters. The van der Waals surface area contributed by atoms with Crippen molar-refractivity contribution >= 4 is 49.4 Å². The monoisotopic (exact) mass is 2040 g/mol. The van der Waals surface area contributed by atoms with Crippen LogP contribution in [0.4, 0.5) is 0 Å².